The Morgan fingerprint density at radius 3 is 1.69 bits per heavy atom. The van der Waals surface area contributed by atoms with Crippen LogP contribution >= 0.6 is 15.6 Å². The molecule has 1 saturated carbocycles. The van der Waals surface area contributed by atoms with Gasteiger partial charge >= 0.3 is 101 Å². The fraction of sp³-hybridized carbons (Fsp3) is 0.920. The first-order chi connectivity index (χ1) is 19.7. The molecule has 0 saturated heterocycles. The number of carbonyl (C=O) groups excluding carboxylic acids is 2. The Morgan fingerprint density at radius 1 is 0.733 bits per heavy atom. The van der Waals surface area contributed by atoms with Gasteiger partial charge in [0.05, 0.1) is 26.6 Å². The van der Waals surface area contributed by atoms with E-state index < -0.39 is 83.8 Å². The summed E-state index contributed by atoms with van der Waals surface area (Å²) in [5.74, 6) is -1.23. The summed E-state index contributed by atoms with van der Waals surface area (Å²) in [6.45, 7) is 2.76. The first-order valence-electron chi connectivity index (χ1n) is 14.4. The summed E-state index contributed by atoms with van der Waals surface area (Å²) in [6, 6.07) is 0. The van der Waals surface area contributed by atoms with Gasteiger partial charge in [0.1, 0.15) is 24.9 Å². The van der Waals surface area contributed by atoms with Crippen molar-refractivity contribution in [3.05, 3.63) is 0 Å². The van der Waals surface area contributed by atoms with Crippen LogP contribution < -0.4 is 103 Å². The van der Waals surface area contributed by atoms with E-state index in [0.29, 0.717) is 12.8 Å². The van der Waals surface area contributed by atoms with Gasteiger partial charge in [0.25, 0.3) is 7.82 Å². The normalized spacial score (nSPS) is 23.3. The van der Waals surface area contributed by atoms with E-state index in [4.69, 9.17) is 18.5 Å². The molecule has 248 valence electrons. The zero-order valence-corrected chi connectivity index (χ0v) is 35.0. The largest absolute Gasteiger partial charge is 1.00 e. The Balaban J connectivity index is -0.00000588. The number of esters is 2. The minimum absolute atomic E-state index is 0. The molecule has 0 aromatic carbocycles. The van der Waals surface area contributed by atoms with Crippen LogP contribution in [0.1, 0.15) is 97.3 Å². The Hall–Kier alpha value is 2.04. The molecule has 0 aromatic rings. The molecule has 0 aliphatic heterocycles. The van der Waals surface area contributed by atoms with Gasteiger partial charge in [0.2, 0.25) is 0 Å². The molecule has 1 fully saturated rings. The SMILES string of the molecule is CCCCCCCC(=O)OC[C@H](COP(=O)([O-])O[C@H]1[C@H](O)[C@@H](OP(=O)([O-])[O-])[C@H](O)C[C@H]1O)OC(=O)CCCCCCC.[Na+].[Na+].[Na+]. The molecule has 7 atom stereocenters. The number of carbonyl (C=O) groups is 2. The maximum atomic E-state index is 12.5. The number of aliphatic hydroxyl groups is 3. The number of phosphoric acid groups is 2. The molecule has 0 radical (unpaired) electrons. The second-order valence-corrected chi connectivity index (χ2v) is 12.8. The van der Waals surface area contributed by atoms with E-state index in [9.17, 15) is 48.7 Å². The molecule has 45 heavy (non-hydrogen) atoms. The van der Waals surface area contributed by atoms with E-state index in [1.807, 2.05) is 6.92 Å². The first kappa shape index (κ1) is 51.4. The second-order valence-electron chi connectivity index (χ2n) is 10.3. The van der Waals surface area contributed by atoms with E-state index >= 15 is 0 Å². The molecule has 1 rings (SSSR count). The summed E-state index contributed by atoms with van der Waals surface area (Å²) in [4.78, 5) is 58.9. The average Bonchev–Trinajstić information content (AvgIpc) is 2.90. The second kappa shape index (κ2) is 27.7. The minimum atomic E-state index is -5.71. The maximum Gasteiger partial charge on any atom is 1.00 e. The summed E-state index contributed by atoms with van der Waals surface area (Å²) in [6.07, 6.45) is -3.15. The van der Waals surface area contributed by atoms with Crippen molar-refractivity contribution in [1.29, 1.82) is 0 Å². The summed E-state index contributed by atoms with van der Waals surface area (Å²) >= 11 is 0. The number of unbranched alkanes of at least 4 members (excludes halogenated alkanes) is 8. The summed E-state index contributed by atoms with van der Waals surface area (Å²) in [7, 11) is -11.1. The van der Waals surface area contributed by atoms with Crippen molar-refractivity contribution < 1.29 is 160 Å². The maximum absolute atomic E-state index is 12.5. The van der Waals surface area contributed by atoms with E-state index in [1.54, 1.807) is 0 Å². The Labute approximate surface area is 331 Å². The predicted molar refractivity (Wildman–Crippen MR) is 141 cm³/mol. The minimum Gasteiger partial charge on any atom is -0.790 e. The van der Waals surface area contributed by atoms with Crippen molar-refractivity contribution in [3.63, 3.8) is 0 Å². The number of ether oxygens (including phenoxy) is 2. The topological polar surface area (TPSA) is 244 Å². The van der Waals surface area contributed by atoms with E-state index in [2.05, 4.69) is 11.4 Å². The Morgan fingerprint density at radius 2 is 1.20 bits per heavy atom. The van der Waals surface area contributed by atoms with Gasteiger partial charge in [-0.1, -0.05) is 65.2 Å². The van der Waals surface area contributed by atoms with Crippen LogP contribution in [0, 0.1) is 0 Å². The first-order valence-corrected chi connectivity index (χ1v) is 17.3. The van der Waals surface area contributed by atoms with Gasteiger partial charge < -0.3 is 57.6 Å². The van der Waals surface area contributed by atoms with Crippen molar-refractivity contribution in [2.75, 3.05) is 13.2 Å². The van der Waals surface area contributed by atoms with Crippen molar-refractivity contribution in [1.82, 2.24) is 0 Å². The molecule has 1 aliphatic rings. The zero-order chi connectivity index (χ0) is 31.8. The van der Waals surface area contributed by atoms with Crippen LogP contribution in [0.5, 0.6) is 0 Å². The van der Waals surface area contributed by atoms with Crippen LogP contribution in [-0.2, 0) is 41.8 Å². The quantitative estimate of drug-likeness (QED) is 0.0408. The molecular weight excluding hydrogens is 671 g/mol. The van der Waals surface area contributed by atoms with Crippen molar-refractivity contribution in [2.45, 2.75) is 134 Å². The van der Waals surface area contributed by atoms with Gasteiger partial charge in [0.15, 0.2) is 6.10 Å². The van der Waals surface area contributed by atoms with E-state index in [0.717, 1.165) is 51.4 Å². The van der Waals surface area contributed by atoms with Gasteiger partial charge in [-0.15, -0.1) is 0 Å². The number of hydrogen-bond acceptors (Lipinski definition) is 15. The van der Waals surface area contributed by atoms with Crippen LogP contribution in [-0.4, -0.2) is 77.1 Å². The molecule has 0 aromatic heterocycles. The van der Waals surface area contributed by atoms with Gasteiger partial charge in [-0.05, 0) is 12.8 Å². The van der Waals surface area contributed by atoms with Crippen LogP contribution in [0.15, 0.2) is 0 Å². The molecule has 0 spiro atoms. The number of phosphoric ester groups is 2. The molecule has 3 N–H and O–H groups in total. The standard InChI is InChI=1S/C25H48O15P2.3Na/c1-3-5-7-9-11-13-21(28)36-16-18(38-22(29)14-12-10-8-6-4-2)17-37-42(34,35)40-25-20(27)15-19(26)24(23(25)30)39-41(31,32)33;;;/h18-20,23-27,30H,3-17H2,1-2H3,(H,34,35)(H2,31,32,33);;;/q;3*+1/p-3/t18-,19-,20-,23-,24+,25-;;;/m1.../s1. The number of aliphatic hydroxyl groups excluding tert-OH is 3. The van der Waals surface area contributed by atoms with Gasteiger partial charge in [-0.25, -0.2) is 0 Å². The number of hydrogen-bond donors (Lipinski definition) is 3. The van der Waals surface area contributed by atoms with Crippen LogP contribution in [0.25, 0.3) is 0 Å². The van der Waals surface area contributed by atoms with Gasteiger partial charge in [-0.3, -0.25) is 14.2 Å². The summed E-state index contributed by atoms with van der Waals surface area (Å²) in [5, 5.41) is 30.3. The third-order valence-corrected chi connectivity index (χ3v) is 8.00. The molecule has 1 unspecified atom stereocenters. The molecule has 15 nitrogen and oxygen atoms in total. The predicted octanol–water partition coefficient (Wildman–Crippen LogP) is -8.26. The summed E-state index contributed by atoms with van der Waals surface area (Å²) in [5.41, 5.74) is 0. The van der Waals surface area contributed by atoms with E-state index in [1.165, 1.54) is 0 Å². The average molecular weight is 717 g/mol. The van der Waals surface area contributed by atoms with Crippen molar-refractivity contribution >= 4 is 27.6 Å². The van der Waals surface area contributed by atoms with Gasteiger partial charge in [0, 0.05) is 19.3 Å². The molecule has 0 bridgehead atoms. The molecular formula is C25H45Na3O15P2. The molecule has 0 amide bonds. The fourth-order valence-electron chi connectivity index (χ4n) is 4.29. The fourth-order valence-corrected chi connectivity index (χ4v) is 5.83. The Bertz CT molecular complexity index is 898. The third-order valence-electron chi connectivity index (χ3n) is 6.53. The molecule has 1 aliphatic carbocycles. The number of rotatable bonds is 22. The molecule has 20 heteroatoms. The third kappa shape index (κ3) is 24.0. The van der Waals surface area contributed by atoms with E-state index in [-0.39, 0.29) is 102 Å². The Kier molecular flexibility index (Phi) is 31.7. The van der Waals surface area contributed by atoms with Crippen LogP contribution in [0.4, 0.5) is 0 Å². The van der Waals surface area contributed by atoms with Crippen LogP contribution in [0.2, 0.25) is 0 Å². The van der Waals surface area contributed by atoms with Gasteiger partial charge in [-0.2, -0.15) is 0 Å². The monoisotopic (exact) mass is 716 g/mol. The van der Waals surface area contributed by atoms with Crippen LogP contribution in [0.3, 0.4) is 0 Å². The van der Waals surface area contributed by atoms with Crippen molar-refractivity contribution in [2.24, 2.45) is 0 Å². The van der Waals surface area contributed by atoms with Crippen molar-refractivity contribution in [3.8, 4) is 0 Å². The zero-order valence-electron chi connectivity index (χ0n) is 27.2. The summed E-state index contributed by atoms with van der Waals surface area (Å²) < 4.78 is 47.5. The smallest absolute Gasteiger partial charge is 0.790 e. The molecule has 0 heterocycles.